The molecule has 0 atom stereocenters. The minimum atomic E-state index is 0.434. The fraction of sp³-hybridized carbons (Fsp3) is 1.00. The first kappa shape index (κ1) is 10.7. The van der Waals surface area contributed by atoms with Crippen molar-refractivity contribution in [3.8, 4) is 0 Å². The van der Waals surface area contributed by atoms with Crippen molar-refractivity contribution < 1.29 is 10.0 Å². The van der Waals surface area contributed by atoms with Gasteiger partial charge in [-0.25, -0.2) is 0 Å². The molecule has 0 bridgehead atoms. The lowest BCUT2D eigenvalue weighted by atomic mass is 10.5. The summed E-state index contributed by atoms with van der Waals surface area (Å²) in [4.78, 5) is 21.3. The Labute approximate surface area is 51.7 Å². The van der Waals surface area contributed by atoms with Gasteiger partial charge in [0.25, 0.3) is 0 Å². The van der Waals surface area contributed by atoms with Gasteiger partial charge in [-0.3, -0.25) is 0 Å². The van der Waals surface area contributed by atoms with E-state index in [2.05, 4.69) is 10.2 Å². The van der Waals surface area contributed by atoms with E-state index < -0.39 is 0 Å². The average molecular weight is 136 g/mol. The lowest BCUT2D eigenvalue weighted by Crippen LogP contribution is -1.79. The highest BCUT2D eigenvalue weighted by atomic mass is 16.7. The van der Waals surface area contributed by atoms with Crippen LogP contribution in [0.4, 0.5) is 0 Å². The van der Waals surface area contributed by atoms with Gasteiger partial charge in [0.05, 0.1) is 0 Å². The fourth-order valence-corrected chi connectivity index (χ4v) is 0.129. The Balaban J connectivity index is 0. The van der Waals surface area contributed by atoms with Crippen LogP contribution in [0, 0.1) is 9.81 Å². The quantitative estimate of drug-likeness (QED) is 0.359. The van der Waals surface area contributed by atoms with Crippen molar-refractivity contribution in [1.29, 1.82) is 0 Å². The Morgan fingerprint density at radius 2 is 2.00 bits per heavy atom. The Kier molecular flexibility index (Phi) is 18.9. The van der Waals surface area contributed by atoms with Crippen LogP contribution in [0.2, 0.25) is 0 Å². The van der Waals surface area contributed by atoms with Crippen LogP contribution in [0.25, 0.3) is 0 Å². The second kappa shape index (κ2) is 15.8. The molecule has 0 spiro atoms. The predicted molar refractivity (Wildman–Crippen MR) is 29.6 cm³/mol. The summed E-state index contributed by atoms with van der Waals surface area (Å²) >= 11 is 0. The van der Waals surface area contributed by atoms with E-state index >= 15 is 0 Å². The molecule has 0 aliphatic carbocycles. The molecule has 54 valence electrons. The zero-order valence-electron chi connectivity index (χ0n) is 4.98. The summed E-state index contributed by atoms with van der Waals surface area (Å²) in [6.07, 6.45) is 0.839. The second-order valence-electron chi connectivity index (χ2n) is 0.989. The molecule has 0 fully saturated rings. The molecule has 0 amide bonds. The third kappa shape index (κ3) is 48.4. The highest BCUT2D eigenvalue weighted by Gasteiger charge is 1.73. The molecule has 0 rings (SSSR count). The van der Waals surface area contributed by atoms with Crippen LogP contribution in [0.5, 0.6) is 0 Å². The van der Waals surface area contributed by atoms with E-state index in [4.69, 9.17) is 15.0 Å². The molecule has 0 radical (unpaired) electrons. The predicted octanol–water partition coefficient (Wildman–Crippen LogP) is 1.24. The van der Waals surface area contributed by atoms with Gasteiger partial charge in [0.1, 0.15) is 6.61 Å². The van der Waals surface area contributed by atoms with Gasteiger partial charge in [-0.1, -0.05) is 6.92 Å². The van der Waals surface area contributed by atoms with Crippen molar-refractivity contribution in [1.82, 2.24) is 0 Å². The van der Waals surface area contributed by atoms with Gasteiger partial charge in [-0.2, -0.15) is 0 Å². The number of hydrogen-bond acceptors (Lipinski definition) is 5. The molecule has 9 heavy (non-hydrogen) atoms. The monoisotopic (exact) mass is 136 g/mol. The van der Waals surface area contributed by atoms with Crippen LogP contribution >= 0.6 is 0 Å². The van der Waals surface area contributed by atoms with Gasteiger partial charge >= 0.3 is 0 Å². The summed E-state index contributed by atoms with van der Waals surface area (Å²) in [5.41, 5.74) is 0. The molecule has 0 aromatic carbocycles. The molecule has 0 aliphatic rings. The van der Waals surface area contributed by atoms with Crippen LogP contribution < -0.4 is 0 Å². The summed E-state index contributed by atoms with van der Waals surface area (Å²) in [5, 5.41) is 10.1. The van der Waals surface area contributed by atoms with Gasteiger partial charge in [0.15, 0.2) is 10.7 Å². The first-order valence-electron chi connectivity index (χ1n) is 2.24. The molecule has 0 unspecified atom stereocenters. The number of hydrogen-bond donors (Lipinski definition) is 1. The lowest BCUT2D eigenvalue weighted by molar-refractivity contribution is 0.140. The summed E-state index contributed by atoms with van der Waals surface area (Å²) < 4.78 is 0. The second-order valence-corrected chi connectivity index (χ2v) is 0.989. The average Bonchev–Trinajstić information content (AvgIpc) is 1.86. The number of nitrogens with zero attached hydrogens (tertiary/aromatic N) is 2. The SMILES string of the molecule is CCCON=O.O=NO. The molecule has 0 heterocycles. The van der Waals surface area contributed by atoms with Crippen LogP contribution in [0.1, 0.15) is 13.3 Å². The summed E-state index contributed by atoms with van der Waals surface area (Å²) in [6.45, 7) is 2.34. The molecular weight excluding hydrogens is 128 g/mol. The maximum Gasteiger partial charge on any atom is 0.155 e. The van der Waals surface area contributed by atoms with Gasteiger partial charge < -0.3 is 10.0 Å². The van der Waals surface area contributed by atoms with Crippen molar-refractivity contribution in [2.75, 3.05) is 6.61 Å². The normalized spacial score (nSPS) is 6.33. The first-order chi connectivity index (χ1) is 4.33. The van der Waals surface area contributed by atoms with E-state index in [-0.39, 0.29) is 0 Å². The van der Waals surface area contributed by atoms with E-state index in [1.165, 1.54) is 5.34 Å². The van der Waals surface area contributed by atoms with Crippen molar-refractivity contribution in [3.63, 3.8) is 0 Å². The zero-order valence-corrected chi connectivity index (χ0v) is 4.98. The Morgan fingerprint density at radius 3 is 2.11 bits per heavy atom. The van der Waals surface area contributed by atoms with Gasteiger partial charge in [-0.15, -0.1) is 9.81 Å². The van der Waals surface area contributed by atoms with E-state index in [0.717, 1.165) is 6.42 Å². The zero-order chi connectivity index (χ0) is 7.54. The lowest BCUT2D eigenvalue weighted by Gasteiger charge is -1.83. The molecule has 0 saturated carbocycles. The Hall–Kier alpha value is -1.20. The summed E-state index contributed by atoms with van der Waals surface area (Å²) in [5.74, 6) is 0. The molecule has 6 heteroatoms. The largest absolute Gasteiger partial charge is 0.379 e. The molecule has 1 N–H and O–H groups in total. The highest BCUT2D eigenvalue weighted by molar-refractivity contribution is 4.16. The van der Waals surface area contributed by atoms with Crippen LogP contribution in [0.3, 0.4) is 0 Å². The maximum atomic E-state index is 9.09. The van der Waals surface area contributed by atoms with Crippen LogP contribution in [0.15, 0.2) is 10.7 Å². The first-order valence-corrected chi connectivity index (χ1v) is 2.24. The van der Waals surface area contributed by atoms with Gasteiger partial charge in [-0.05, 0) is 6.42 Å². The molecule has 0 aromatic rings. The van der Waals surface area contributed by atoms with E-state index in [1.54, 1.807) is 0 Å². The van der Waals surface area contributed by atoms with Gasteiger partial charge in [0.2, 0.25) is 0 Å². The Morgan fingerprint density at radius 1 is 1.56 bits per heavy atom. The third-order valence-electron chi connectivity index (χ3n) is 0.348. The molecule has 6 nitrogen and oxygen atoms in total. The standard InChI is InChI=1S/C3H7NO2.HNO2/c1-2-3-6-4-5;2-1-3/h2-3H2,1H3;(H,2,3). The minimum Gasteiger partial charge on any atom is -0.379 e. The summed E-state index contributed by atoms with van der Waals surface area (Å²) in [6, 6.07) is 0. The summed E-state index contributed by atoms with van der Waals surface area (Å²) in [7, 11) is 0. The van der Waals surface area contributed by atoms with E-state index in [9.17, 15) is 0 Å². The van der Waals surface area contributed by atoms with E-state index in [1.807, 2.05) is 6.92 Å². The van der Waals surface area contributed by atoms with Crippen LogP contribution in [-0.4, -0.2) is 11.8 Å². The van der Waals surface area contributed by atoms with Gasteiger partial charge in [0, 0.05) is 0 Å². The van der Waals surface area contributed by atoms with Crippen molar-refractivity contribution in [3.05, 3.63) is 9.81 Å². The van der Waals surface area contributed by atoms with Crippen molar-refractivity contribution >= 4 is 0 Å². The molecule has 0 aliphatic heterocycles. The van der Waals surface area contributed by atoms with E-state index in [0.29, 0.717) is 6.61 Å². The smallest absolute Gasteiger partial charge is 0.155 e. The maximum absolute atomic E-state index is 9.09. The highest BCUT2D eigenvalue weighted by Crippen LogP contribution is 1.76. The van der Waals surface area contributed by atoms with Crippen molar-refractivity contribution in [2.24, 2.45) is 10.7 Å². The number of rotatable bonds is 3. The Bertz CT molecular complexity index is 66.8. The minimum absolute atomic E-state index is 0.434. The molecular formula is C3H8N2O4. The molecule has 0 aromatic heterocycles. The van der Waals surface area contributed by atoms with Crippen molar-refractivity contribution in [2.45, 2.75) is 13.3 Å². The third-order valence-corrected chi connectivity index (χ3v) is 0.348. The fourth-order valence-electron chi connectivity index (χ4n) is 0.129. The van der Waals surface area contributed by atoms with Crippen LogP contribution in [-0.2, 0) is 4.84 Å². The topological polar surface area (TPSA) is 88.3 Å². The molecule has 0 saturated heterocycles.